The molecule has 0 saturated carbocycles. The van der Waals surface area contributed by atoms with Crippen LogP contribution >= 0.6 is 0 Å². The molecule has 0 radical (unpaired) electrons. The van der Waals surface area contributed by atoms with Gasteiger partial charge in [-0.1, -0.05) is 26.3 Å². The first kappa shape index (κ1) is 16.9. The van der Waals surface area contributed by atoms with Crippen molar-refractivity contribution in [3.63, 3.8) is 0 Å². The van der Waals surface area contributed by atoms with E-state index in [1.807, 2.05) is 0 Å². The number of hydrogen-bond acceptors (Lipinski definition) is 1. The van der Waals surface area contributed by atoms with Gasteiger partial charge in [-0.15, -0.1) is 6.58 Å². The van der Waals surface area contributed by atoms with Gasteiger partial charge in [-0.05, 0) is 18.1 Å². The minimum Gasteiger partial charge on any atom is -0.413 e. The van der Waals surface area contributed by atoms with Crippen LogP contribution in [0.5, 0.6) is 0 Å². The molecule has 78 valence electrons. The van der Waals surface area contributed by atoms with Gasteiger partial charge in [0.1, 0.15) is 0 Å². The van der Waals surface area contributed by atoms with Crippen LogP contribution in [0.15, 0.2) is 12.2 Å². The molecule has 0 aromatic heterocycles. The molecule has 0 bridgehead atoms. The molecule has 0 amide bonds. The van der Waals surface area contributed by atoms with E-state index < -0.39 is 8.32 Å². The average molecular weight is 206 g/mol. The predicted octanol–water partition coefficient (Wildman–Crippen LogP) is 0.793. The first-order chi connectivity index (χ1) is 5.70. The SMILES string of the molecule is C=C(C[CH2-])CO[Si](C)(C)C(C)(C)C.[Li+]. The normalized spacial score (nSPS) is 12.1. The zero-order valence-electron chi connectivity index (χ0n) is 10.7. The summed E-state index contributed by atoms with van der Waals surface area (Å²) in [5, 5.41) is 0.286. The molecular weight excluding hydrogens is 183 g/mol. The standard InChI is InChI=1S/C11H23OSi.Li/c1-8-10(2)9-12-13(6,7)11(3,4)5;/h1-2,8-9H2,3-7H3;/q-1;+1. The van der Waals surface area contributed by atoms with Crippen LogP contribution in [0.2, 0.25) is 18.1 Å². The Kier molecular flexibility index (Phi) is 7.47. The van der Waals surface area contributed by atoms with Gasteiger partial charge < -0.3 is 11.3 Å². The summed E-state index contributed by atoms with van der Waals surface area (Å²) in [6, 6.07) is 0. The fourth-order valence-electron chi connectivity index (χ4n) is 0.571. The second-order valence-corrected chi connectivity index (χ2v) is 9.86. The molecule has 0 spiro atoms. The quantitative estimate of drug-likeness (QED) is 0.375. The first-order valence-electron chi connectivity index (χ1n) is 4.80. The van der Waals surface area contributed by atoms with E-state index in [9.17, 15) is 0 Å². The zero-order chi connectivity index (χ0) is 10.7. The molecule has 0 saturated heterocycles. The summed E-state index contributed by atoms with van der Waals surface area (Å²) in [5.41, 5.74) is 1.09. The maximum atomic E-state index is 5.95. The summed E-state index contributed by atoms with van der Waals surface area (Å²) in [5.74, 6) is 0. The molecule has 0 N–H and O–H groups in total. The van der Waals surface area contributed by atoms with E-state index in [1.54, 1.807) is 0 Å². The summed E-state index contributed by atoms with van der Waals surface area (Å²) in [6.45, 7) is 19.6. The molecule has 1 nitrogen and oxygen atoms in total. The Labute approximate surface area is 103 Å². The molecule has 14 heavy (non-hydrogen) atoms. The topological polar surface area (TPSA) is 9.23 Å². The minimum atomic E-state index is -1.57. The van der Waals surface area contributed by atoms with E-state index in [-0.39, 0.29) is 23.9 Å². The van der Waals surface area contributed by atoms with E-state index in [0.717, 1.165) is 12.0 Å². The molecule has 0 heterocycles. The van der Waals surface area contributed by atoms with Gasteiger partial charge in [0.25, 0.3) is 0 Å². The molecule has 0 aliphatic carbocycles. The fourth-order valence-corrected chi connectivity index (χ4v) is 1.57. The average Bonchev–Trinajstić information content (AvgIpc) is 1.98. The molecule has 0 fully saturated rings. The van der Waals surface area contributed by atoms with Crippen molar-refractivity contribution >= 4 is 8.32 Å². The number of hydrogen-bond donors (Lipinski definition) is 0. The summed E-state index contributed by atoms with van der Waals surface area (Å²) in [4.78, 5) is 0. The van der Waals surface area contributed by atoms with Crippen LogP contribution in [-0.4, -0.2) is 14.9 Å². The largest absolute Gasteiger partial charge is 1.00 e. The van der Waals surface area contributed by atoms with Crippen LogP contribution in [0.25, 0.3) is 0 Å². The monoisotopic (exact) mass is 206 g/mol. The second kappa shape index (κ2) is 6.17. The predicted molar refractivity (Wildman–Crippen MR) is 62.3 cm³/mol. The van der Waals surface area contributed by atoms with Gasteiger partial charge in [0.05, 0.1) is 6.61 Å². The Morgan fingerprint density at radius 3 is 2.07 bits per heavy atom. The van der Waals surface area contributed by atoms with E-state index in [1.165, 1.54) is 0 Å². The van der Waals surface area contributed by atoms with Crippen LogP contribution in [0, 0.1) is 6.92 Å². The van der Waals surface area contributed by atoms with Crippen LogP contribution in [0.3, 0.4) is 0 Å². The van der Waals surface area contributed by atoms with Gasteiger partial charge >= 0.3 is 18.9 Å². The van der Waals surface area contributed by atoms with Gasteiger partial charge in [0, 0.05) is 0 Å². The summed E-state index contributed by atoms with van der Waals surface area (Å²) in [6.07, 6.45) is 0.772. The molecule has 3 heteroatoms. The Bertz CT molecular complexity index is 182. The van der Waals surface area contributed by atoms with Crippen molar-refractivity contribution in [1.29, 1.82) is 0 Å². The van der Waals surface area contributed by atoms with E-state index in [0.29, 0.717) is 6.61 Å². The number of rotatable bonds is 4. The van der Waals surface area contributed by atoms with Crippen molar-refractivity contribution in [3.8, 4) is 0 Å². The Morgan fingerprint density at radius 1 is 1.36 bits per heavy atom. The smallest absolute Gasteiger partial charge is 0.413 e. The Balaban J connectivity index is 0. The second-order valence-electron chi connectivity index (χ2n) is 5.05. The summed E-state index contributed by atoms with van der Waals surface area (Å²) >= 11 is 0. The maximum Gasteiger partial charge on any atom is 1.00 e. The molecule has 0 aromatic carbocycles. The van der Waals surface area contributed by atoms with Gasteiger partial charge in [0.15, 0.2) is 8.32 Å². The fraction of sp³-hybridized carbons (Fsp3) is 0.727. The van der Waals surface area contributed by atoms with Crippen LogP contribution < -0.4 is 18.9 Å². The van der Waals surface area contributed by atoms with E-state index in [2.05, 4.69) is 47.4 Å². The minimum absolute atomic E-state index is 0. The van der Waals surface area contributed by atoms with Crippen molar-refractivity contribution in [2.24, 2.45) is 0 Å². The molecule has 0 unspecified atom stereocenters. The zero-order valence-corrected chi connectivity index (χ0v) is 11.7. The van der Waals surface area contributed by atoms with E-state index >= 15 is 0 Å². The van der Waals surface area contributed by atoms with Crippen LogP contribution in [-0.2, 0) is 4.43 Å². The molecule has 0 aliphatic heterocycles. The van der Waals surface area contributed by atoms with Gasteiger partial charge in [-0.2, -0.15) is 6.42 Å². The van der Waals surface area contributed by atoms with Crippen molar-refractivity contribution in [1.82, 2.24) is 0 Å². The molecule has 0 rings (SSSR count). The third kappa shape index (κ3) is 5.41. The Morgan fingerprint density at radius 2 is 1.79 bits per heavy atom. The Hall–Kier alpha value is 0.514. The van der Waals surface area contributed by atoms with Crippen LogP contribution in [0.4, 0.5) is 0 Å². The van der Waals surface area contributed by atoms with Crippen molar-refractivity contribution in [2.75, 3.05) is 6.61 Å². The van der Waals surface area contributed by atoms with Crippen molar-refractivity contribution < 1.29 is 23.3 Å². The third-order valence-electron chi connectivity index (χ3n) is 2.80. The summed E-state index contributed by atoms with van der Waals surface area (Å²) < 4.78 is 5.95. The summed E-state index contributed by atoms with van der Waals surface area (Å²) in [7, 11) is -1.57. The van der Waals surface area contributed by atoms with Crippen molar-refractivity contribution in [2.45, 2.75) is 45.3 Å². The van der Waals surface area contributed by atoms with Gasteiger partial charge in [-0.25, -0.2) is 0 Å². The van der Waals surface area contributed by atoms with E-state index in [4.69, 9.17) is 4.43 Å². The molecule has 0 aliphatic rings. The molecule has 0 atom stereocenters. The van der Waals surface area contributed by atoms with Gasteiger partial charge in [-0.3, -0.25) is 0 Å². The maximum absolute atomic E-state index is 5.95. The first-order valence-corrected chi connectivity index (χ1v) is 7.71. The third-order valence-corrected chi connectivity index (χ3v) is 7.28. The van der Waals surface area contributed by atoms with Crippen LogP contribution in [0.1, 0.15) is 27.2 Å². The molecular formula is C11H23LiOSi. The van der Waals surface area contributed by atoms with Crippen molar-refractivity contribution in [3.05, 3.63) is 19.1 Å². The molecule has 0 aromatic rings. The van der Waals surface area contributed by atoms with Gasteiger partial charge in [0.2, 0.25) is 0 Å².